The maximum Gasteiger partial charge on any atom is 0.122 e. The van der Waals surface area contributed by atoms with Crippen LogP contribution in [0.5, 0.6) is 0 Å². The summed E-state index contributed by atoms with van der Waals surface area (Å²) in [6.07, 6.45) is 9.20. The molecule has 1 aliphatic carbocycles. The van der Waals surface area contributed by atoms with Crippen molar-refractivity contribution in [3.05, 3.63) is 18.2 Å². The molecule has 0 spiro atoms. The van der Waals surface area contributed by atoms with Crippen molar-refractivity contribution in [3.8, 4) is 0 Å². The molecule has 0 amide bonds. The van der Waals surface area contributed by atoms with Gasteiger partial charge in [0.1, 0.15) is 5.82 Å². The van der Waals surface area contributed by atoms with Gasteiger partial charge in [0.25, 0.3) is 0 Å². The van der Waals surface area contributed by atoms with Crippen molar-refractivity contribution < 1.29 is 0 Å². The molecule has 120 valence electrons. The van der Waals surface area contributed by atoms with Crippen LogP contribution in [0.4, 0.5) is 0 Å². The van der Waals surface area contributed by atoms with Crippen LogP contribution >= 0.6 is 0 Å². The van der Waals surface area contributed by atoms with Gasteiger partial charge in [-0.25, -0.2) is 4.98 Å². The Balaban J connectivity index is 1.89. The lowest BCUT2D eigenvalue weighted by molar-refractivity contribution is 0.155. The zero-order valence-corrected chi connectivity index (χ0v) is 14.2. The number of aryl methyl sites for hydroxylation is 1. The second-order valence-corrected chi connectivity index (χ2v) is 6.89. The summed E-state index contributed by atoms with van der Waals surface area (Å²) in [6.45, 7) is 7.91. The van der Waals surface area contributed by atoms with E-state index in [-0.39, 0.29) is 0 Å². The quantitative estimate of drug-likeness (QED) is 0.839. The summed E-state index contributed by atoms with van der Waals surface area (Å²) in [4.78, 5) is 6.87. The molecule has 1 aromatic heterocycles. The number of aromatic nitrogens is 2. The monoisotopic (exact) mass is 292 g/mol. The number of hydrogen-bond acceptors (Lipinski definition) is 3. The summed E-state index contributed by atoms with van der Waals surface area (Å²) in [7, 11) is 4.30. The van der Waals surface area contributed by atoms with Crippen LogP contribution < -0.4 is 5.32 Å². The van der Waals surface area contributed by atoms with Crippen molar-refractivity contribution in [3.63, 3.8) is 0 Å². The van der Waals surface area contributed by atoms with Crippen molar-refractivity contribution in [1.29, 1.82) is 0 Å². The van der Waals surface area contributed by atoms with Crippen LogP contribution in [0.15, 0.2) is 12.4 Å². The molecule has 0 aromatic carbocycles. The minimum atomic E-state index is 0.699. The van der Waals surface area contributed by atoms with Gasteiger partial charge in [-0.2, -0.15) is 0 Å². The summed E-state index contributed by atoms with van der Waals surface area (Å²) in [5.74, 6) is 2.79. The summed E-state index contributed by atoms with van der Waals surface area (Å²) < 4.78 is 2.12. The Morgan fingerprint density at radius 3 is 2.90 bits per heavy atom. The first-order chi connectivity index (χ1) is 10.1. The minimum Gasteiger partial charge on any atom is -0.337 e. The topological polar surface area (TPSA) is 33.1 Å². The average Bonchev–Trinajstić information content (AvgIpc) is 2.83. The van der Waals surface area contributed by atoms with Gasteiger partial charge in [-0.1, -0.05) is 13.8 Å². The second kappa shape index (κ2) is 7.95. The predicted octanol–water partition coefficient (Wildman–Crippen LogP) is 2.66. The van der Waals surface area contributed by atoms with Crippen LogP contribution in [0.3, 0.4) is 0 Å². The molecule has 1 fully saturated rings. The zero-order chi connectivity index (χ0) is 15.2. The molecule has 1 heterocycles. The van der Waals surface area contributed by atoms with Crippen molar-refractivity contribution in [1.82, 2.24) is 19.8 Å². The van der Waals surface area contributed by atoms with Gasteiger partial charge < -0.3 is 9.88 Å². The highest BCUT2D eigenvalue weighted by atomic mass is 15.2. The van der Waals surface area contributed by atoms with Crippen LogP contribution in [0.2, 0.25) is 0 Å². The summed E-state index contributed by atoms with van der Waals surface area (Å²) in [5.41, 5.74) is 0. The van der Waals surface area contributed by atoms with E-state index >= 15 is 0 Å². The Labute approximate surface area is 129 Å². The van der Waals surface area contributed by atoms with Gasteiger partial charge >= 0.3 is 0 Å². The minimum absolute atomic E-state index is 0.699. The number of nitrogens with zero attached hydrogens (tertiary/aromatic N) is 3. The normalized spacial score (nSPS) is 26.4. The Morgan fingerprint density at radius 2 is 2.24 bits per heavy atom. The highest BCUT2D eigenvalue weighted by molar-refractivity contribution is 4.92. The van der Waals surface area contributed by atoms with Gasteiger partial charge in [-0.15, -0.1) is 0 Å². The van der Waals surface area contributed by atoms with E-state index in [2.05, 4.69) is 47.7 Å². The molecular formula is C17H32N4. The lowest BCUT2D eigenvalue weighted by Crippen LogP contribution is -2.45. The fraction of sp³-hybridized carbons (Fsp3) is 0.824. The van der Waals surface area contributed by atoms with Crippen molar-refractivity contribution in [2.75, 3.05) is 20.1 Å². The molecule has 0 bridgehead atoms. The summed E-state index contributed by atoms with van der Waals surface area (Å²) >= 11 is 0. The van der Waals surface area contributed by atoms with E-state index in [1.54, 1.807) is 0 Å². The fourth-order valence-corrected chi connectivity index (χ4v) is 3.55. The maximum atomic E-state index is 4.44. The number of nitrogens with one attached hydrogen (secondary N) is 1. The van der Waals surface area contributed by atoms with Crippen molar-refractivity contribution in [2.45, 2.75) is 52.1 Å². The van der Waals surface area contributed by atoms with Crippen LogP contribution in [0, 0.1) is 11.8 Å². The molecule has 0 saturated heterocycles. The Bertz CT molecular complexity index is 413. The van der Waals surface area contributed by atoms with E-state index in [0.717, 1.165) is 30.7 Å². The van der Waals surface area contributed by atoms with E-state index in [0.29, 0.717) is 6.04 Å². The standard InChI is InChI=1S/C17H32N4/c1-5-8-18-16-7-6-14(2)11-15(16)12-20(3)13-17-19-9-10-21(17)4/h9-10,14-16,18H,5-8,11-13H2,1-4H3. The molecule has 1 saturated carbocycles. The lowest BCUT2D eigenvalue weighted by Gasteiger charge is -2.37. The SMILES string of the molecule is CCCNC1CCC(C)CC1CN(C)Cc1nccn1C. The molecule has 21 heavy (non-hydrogen) atoms. The highest BCUT2D eigenvalue weighted by Gasteiger charge is 2.29. The molecule has 1 aliphatic rings. The van der Waals surface area contributed by atoms with Gasteiger partial charge in [0.05, 0.1) is 6.54 Å². The molecular weight excluding hydrogens is 260 g/mol. The summed E-state index contributed by atoms with van der Waals surface area (Å²) in [5, 5.41) is 3.77. The molecule has 1 aromatic rings. The molecule has 3 atom stereocenters. The fourth-order valence-electron chi connectivity index (χ4n) is 3.55. The van der Waals surface area contributed by atoms with Gasteiger partial charge in [0, 0.05) is 32.0 Å². The van der Waals surface area contributed by atoms with Gasteiger partial charge in [0.15, 0.2) is 0 Å². The van der Waals surface area contributed by atoms with Crippen LogP contribution in [0.25, 0.3) is 0 Å². The Morgan fingerprint density at radius 1 is 1.43 bits per heavy atom. The molecule has 0 aliphatic heterocycles. The molecule has 4 heteroatoms. The van der Waals surface area contributed by atoms with Gasteiger partial charge in [-0.3, -0.25) is 4.90 Å². The third-order valence-electron chi connectivity index (χ3n) is 4.78. The highest BCUT2D eigenvalue weighted by Crippen LogP contribution is 2.29. The first kappa shape index (κ1) is 16.5. The predicted molar refractivity (Wildman–Crippen MR) is 88.1 cm³/mol. The van der Waals surface area contributed by atoms with E-state index in [1.807, 2.05) is 12.4 Å². The smallest absolute Gasteiger partial charge is 0.122 e. The maximum absolute atomic E-state index is 4.44. The molecule has 4 nitrogen and oxygen atoms in total. The number of rotatable bonds is 7. The van der Waals surface area contributed by atoms with Crippen molar-refractivity contribution >= 4 is 0 Å². The average molecular weight is 292 g/mol. The van der Waals surface area contributed by atoms with E-state index in [9.17, 15) is 0 Å². The van der Waals surface area contributed by atoms with E-state index in [4.69, 9.17) is 0 Å². The third kappa shape index (κ3) is 4.82. The molecule has 0 radical (unpaired) electrons. The second-order valence-electron chi connectivity index (χ2n) is 6.89. The first-order valence-electron chi connectivity index (χ1n) is 8.48. The van der Waals surface area contributed by atoms with Gasteiger partial charge in [0.2, 0.25) is 0 Å². The first-order valence-corrected chi connectivity index (χ1v) is 8.48. The number of imidazole rings is 1. The van der Waals surface area contributed by atoms with Crippen LogP contribution in [0.1, 0.15) is 45.4 Å². The number of hydrogen-bond donors (Lipinski definition) is 1. The molecule has 2 rings (SSSR count). The Kier molecular flexibility index (Phi) is 6.24. The molecule has 3 unspecified atom stereocenters. The van der Waals surface area contributed by atoms with E-state index < -0.39 is 0 Å². The van der Waals surface area contributed by atoms with Gasteiger partial charge in [-0.05, 0) is 51.1 Å². The largest absolute Gasteiger partial charge is 0.337 e. The van der Waals surface area contributed by atoms with Crippen LogP contribution in [-0.2, 0) is 13.6 Å². The summed E-state index contributed by atoms with van der Waals surface area (Å²) in [6, 6.07) is 0.699. The Hall–Kier alpha value is -0.870. The third-order valence-corrected chi connectivity index (χ3v) is 4.78. The van der Waals surface area contributed by atoms with E-state index in [1.165, 1.54) is 32.2 Å². The zero-order valence-electron chi connectivity index (χ0n) is 14.2. The van der Waals surface area contributed by atoms with Crippen molar-refractivity contribution in [2.24, 2.45) is 18.9 Å². The lowest BCUT2D eigenvalue weighted by atomic mass is 9.78. The molecule has 1 N–H and O–H groups in total. The van der Waals surface area contributed by atoms with Crippen LogP contribution in [-0.4, -0.2) is 40.6 Å².